The van der Waals surface area contributed by atoms with E-state index < -0.39 is 6.04 Å². The summed E-state index contributed by atoms with van der Waals surface area (Å²) in [7, 11) is 0. The Labute approximate surface area is 177 Å². The van der Waals surface area contributed by atoms with Gasteiger partial charge in [-0.2, -0.15) is 0 Å². The summed E-state index contributed by atoms with van der Waals surface area (Å²) < 4.78 is 0. The molecule has 1 unspecified atom stereocenters. The Hall–Kier alpha value is -1.92. The zero-order valence-corrected chi connectivity index (χ0v) is 17.4. The summed E-state index contributed by atoms with van der Waals surface area (Å²) in [5.74, 6) is 0.211. The maximum Gasteiger partial charge on any atom is 0.239 e. The molecule has 1 atom stereocenters. The van der Waals surface area contributed by atoms with Crippen molar-refractivity contribution in [1.82, 2.24) is 10.2 Å². The van der Waals surface area contributed by atoms with Crippen LogP contribution >= 0.6 is 11.6 Å². The van der Waals surface area contributed by atoms with Gasteiger partial charge < -0.3 is 16.2 Å². The first-order chi connectivity index (χ1) is 14.0. The molecule has 2 aromatic carbocycles. The minimum Gasteiger partial charge on any atom is -0.394 e. The van der Waals surface area contributed by atoms with Crippen LogP contribution in [0.3, 0.4) is 0 Å². The summed E-state index contributed by atoms with van der Waals surface area (Å²) in [4.78, 5) is 14.0. The van der Waals surface area contributed by atoms with E-state index in [0.717, 1.165) is 37.5 Å². The van der Waals surface area contributed by atoms with Crippen LogP contribution in [0.1, 0.15) is 29.5 Å². The minimum atomic E-state index is -0.815. The number of piperidine rings is 1. The van der Waals surface area contributed by atoms with Crippen LogP contribution in [0.15, 0.2) is 48.5 Å². The molecule has 1 saturated heterocycles. The van der Waals surface area contributed by atoms with Crippen molar-refractivity contribution in [3.8, 4) is 0 Å². The summed E-state index contributed by atoms with van der Waals surface area (Å²) in [5, 5.41) is 12.4. The predicted octanol–water partition coefficient (Wildman–Crippen LogP) is 2.58. The molecule has 0 saturated carbocycles. The van der Waals surface area contributed by atoms with Crippen LogP contribution in [-0.2, 0) is 17.8 Å². The average molecular weight is 416 g/mol. The largest absolute Gasteiger partial charge is 0.394 e. The van der Waals surface area contributed by atoms with Gasteiger partial charge in [0.05, 0.1) is 6.61 Å². The second-order valence-electron chi connectivity index (χ2n) is 7.83. The molecule has 2 aromatic rings. The second-order valence-corrected chi connectivity index (χ2v) is 8.26. The maximum absolute atomic E-state index is 11.5. The van der Waals surface area contributed by atoms with Crippen molar-refractivity contribution >= 4 is 17.5 Å². The third-order valence-corrected chi connectivity index (χ3v) is 5.75. The zero-order chi connectivity index (χ0) is 20.6. The molecule has 5 nitrogen and oxygen atoms in total. The smallest absolute Gasteiger partial charge is 0.239 e. The van der Waals surface area contributed by atoms with Gasteiger partial charge in [-0.05, 0) is 67.1 Å². The van der Waals surface area contributed by atoms with Crippen LogP contribution in [0.25, 0.3) is 0 Å². The first kappa shape index (κ1) is 21.8. The quantitative estimate of drug-likeness (QED) is 0.578. The Morgan fingerprint density at radius 3 is 2.31 bits per heavy atom. The number of carbonyl (C=O) groups is 1. The van der Waals surface area contributed by atoms with Crippen molar-refractivity contribution in [1.29, 1.82) is 0 Å². The summed E-state index contributed by atoms with van der Waals surface area (Å²) in [5.41, 5.74) is 9.80. The normalized spacial score (nSPS) is 16.9. The van der Waals surface area contributed by atoms with E-state index in [0.29, 0.717) is 12.5 Å². The van der Waals surface area contributed by atoms with Crippen LogP contribution in [0.5, 0.6) is 0 Å². The van der Waals surface area contributed by atoms with Gasteiger partial charge in [0, 0.05) is 18.1 Å². The van der Waals surface area contributed by atoms with Gasteiger partial charge in [-0.25, -0.2) is 0 Å². The van der Waals surface area contributed by atoms with Crippen molar-refractivity contribution in [2.45, 2.75) is 31.8 Å². The SMILES string of the molecule is NC(CO)C(=O)NCC1CCN(Cc2ccc(Cl)cc2)CC1.c1ccc2c(c1)C2. The lowest BCUT2D eigenvalue weighted by Crippen LogP contribution is -2.45. The highest BCUT2D eigenvalue weighted by molar-refractivity contribution is 6.30. The number of aliphatic hydroxyl groups is 1. The number of benzene rings is 2. The van der Waals surface area contributed by atoms with E-state index in [4.69, 9.17) is 22.4 Å². The molecule has 156 valence electrons. The lowest BCUT2D eigenvalue weighted by Gasteiger charge is -2.32. The van der Waals surface area contributed by atoms with Gasteiger partial charge in [-0.15, -0.1) is 0 Å². The van der Waals surface area contributed by atoms with Gasteiger partial charge in [0.1, 0.15) is 6.04 Å². The number of nitrogens with zero attached hydrogens (tertiary/aromatic N) is 1. The number of nitrogens with one attached hydrogen (secondary N) is 1. The van der Waals surface area contributed by atoms with Gasteiger partial charge in [0.15, 0.2) is 0 Å². The molecule has 6 heteroatoms. The molecule has 1 amide bonds. The zero-order valence-electron chi connectivity index (χ0n) is 16.7. The van der Waals surface area contributed by atoms with Gasteiger partial charge in [0.25, 0.3) is 0 Å². The summed E-state index contributed by atoms with van der Waals surface area (Å²) in [6.07, 6.45) is 3.36. The number of aliphatic hydroxyl groups excluding tert-OH is 1. The van der Waals surface area contributed by atoms with E-state index in [1.54, 1.807) is 0 Å². The highest BCUT2D eigenvalue weighted by atomic mass is 35.5. The van der Waals surface area contributed by atoms with E-state index in [1.165, 1.54) is 23.1 Å². The molecule has 1 aliphatic carbocycles. The van der Waals surface area contributed by atoms with Crippen LogP contribution < -0.4 is 11.1 Å². The number of amides is 1. The number of likely N-dealkylation sites (tertiary alicyclic amines) is 1. The lowest BCUT2D eigenvalue weighted by molar-refractivity contribution is -0.123. The maximum atomic E-state index is 11.5. The summed E-state index contributed by atoms with van der Waals surface area (Å²) >= 11 is 5.89. The number of carbonyl (C=O) groups excluding carboxylic acids is 1. The van der Waals surface area contributed by atoms with Crippen molar-refractivity contribution in [3.05, 3.63) is 70.2 Å². The third kappa shape index (κ3) is 7.12. The topological polar surface area (TPSA) is 78.6 Å². The Morgan fingerprint density at radius 1 is 1.14 bits per heavy atom. The highest BCUT2D eigenvalue weighted by Gasteiger charge is 2.21. The standard InChI is InChI=1S/C16H24ClN3O2.C7H6/c17-14-3-1-13(2-4-14)10-20-7-5-12(6-8-20)9-19-16(22)15(18)11-21;1-2-4-7-5-6(7)3-1/h1-4,12,15,21H,5-11,18H2,(H,19,22);1-4H,5H2. The molecular formula is C23H30ClN3O2. The molecule has 0 spiro atoms. The van der Waals surface area contributed by atoms with E-state index in [1.807, 2.05) is 12.1 Å². The Morgan fingerprint density at radius 2 is 1.76 bits per heavy atom. The average Bonchev–Trinajstić information content (AvgIpc) is 3.54. The van der Waals surface area contributed by atoms with Crippen molar-refractivity contribution in [2.75, 3.05) is 26.2 Å². The first-order valence-electron chi connectivity index (χ1n) is 10.2. The molecule has 4 rings (SSSR count). The fraction of sp³-hybridized carbons (Fsp3) is 0.435. The molecule has 0 bridgehead atoms. The van der Waals surface area contributed by atoms with Gasteiger partial charge in [-0.1, -0.05) is 48.0 Å². The number of fused-ring (bicyclic) bond motifs is 1. The van der Waals surface area contributed by atoms with Crippen molar-refractivity contribution in [2.24, 2.45) is 11.7 Å². The fourth-order valence-electron chi connectivity index (χ4n) is 3.49. The molecule has 1 heterocycles. The molecule has 0 radical (unpaired) electrons. The number of hydrogen-bond acceptors (Lipinski definition) is 4. The van der Waals surface area contributed by atoms with E-state index >= 15 is 0 Å². The predicted molar refractivity (Wildman–Crippen MR) is 117 cm³/mol. The molecular weight excluding hydrogens is 386 g/mol. The van der Waals surface area contributed by atoms with Gasteiger partial charge in [-0.3, -0.25) is 9.69 Å². The number of rotatable bonds is 6. The Kier molecular flexibility index (Phi) is 8.07. The number of halogens is 1. The lowest BCUT2D eigenvalue weighted by atomic mass is 9.96. The third-order valence-electron chi connectivity index (χ3n) is 5.50. The second kappa shape index (κ2) is 10.7. The number of hydrogen-bond donors (Lipinski definition) is 3. The first-order valence-corrected chi connectivity index (χ1v) is 10.6. The van der Waals surface area contributed by atoms with Crippen LogP contribution in [-0.4, -0.2) is 48.2 Å². The van der Waals surface area contributed by atoms with Gasteiger partial charge >= 0.3 is 0 Å². The summed E-state index contributed by atoms with van der Waals surface area (Å²) in [6, 6.07) is 15.7. The van der Waals surface area contributed by atoms with Crippen LogP contribution in [0.4, 0.5) is 0 Å². The molecule has 0 aromatic heterocycles. The van der Waals surface area contributed by atoms with Gasteiger partial charge in [0.2, 0.25) is 5.91 Å². The molecule has 29 heavy (non-hydrogen) atoms. The molecule has 2 aliphatic rings. The van der Waals surface area contributed by atoms with E-state index in [2.05, 4.69) is 46.6 Å². The van der Waals surface area contributed by atoms with E-state index in [9.17, 15) is 4.79 Å². The molecule has 4 N–H and O–H groups in total. The Bertz CT molecular complexity index is 768. The monoisotopic (exact) mass is 415 g/mol. The fourth-order valence-corrected chi connectivity index (χ4v) is 3.62. The molecule has 1 fully saturated rings. The van der Waals surface area contributed by atoms with E-state index in [-0.39, 0.29) is 12.5 Å². The van der Waals surface area contributed by atoms with Crippen molar-refractivity contribution in [3.63, 3.8) is 0 Å². The molecule has 1 aliphatic heterocycles. The minimum absolute atomic E-state index is 0.272. The number of nitrogens with two attached hydrogens (primary N) is 1. The van der Waals surface area contributed by atoms with Crippen molar-refractivity contribution < 1.29 is 9.90 Å². The Balaban J connectivity index is 0.000000283. The van der Waals surface area contributed by atoms with Crippen LogP contribution in [0.2, 0.25) is 5.02 Å². The van der Waals surface area contributed by atoms with Crippen LogP contribution in [0, 0.1) is 5.92 Å². The highest BCUT2D eigenvalue weighted by Crippen LogP contribution is 2.25. The summed E-state index contributed by atoms with van der Waals surface area (Å²) in [6.45, 7) is 3.31.